The van der Waals surface area contributed by atoms with Crippen LogP contribution >= 0.6 is 0 Å². The minimum Gasteiger partial charge on any atom is -0.340 e. The van der Waals surface area contributed by atoms with Gasteiger partial charge in [0.15, 0.2) is 0 Å². The second-order valence-electron chi connectivity index (χ2n) is 9.50. The van der Waals surface area contributed by atoms with Gasteiger partial charge in [-0.1, -0.05) is 32.4 Å². The minimum absolute atomic E-state index is 0.0570. The van der Waals surface area contributed by atoms with Gasteiger partial charge in [-0.2, -0.15) is 4.31 Å². The number of hydrogen-bond donors (Lipinski definition) is 0. The van der Waals surface area contributed by atoms with Crippen LogP contribution in [0.25, 0.3) is 0 Å². The lowest BCUT2D eigenvalue weighted by molar-refractivity contribution is -0.144. The van der Waals surface area contributed by atoms with Crippen LogP contribution in [0.4, 0.5) is 0 Å². The fourth-order valence-corrected chi connectivity index (χ4v) is 6.86. The molecule has 3 aliphatic rings. The van der Waals surface area contributed by atoms with Gasteiger partial charge in [0.25, 0.3) is 0 Å². The van der Waals surface area contributed by atoms with Gasteiger partial charge in [0.1, 0.15) is 5.78 Å². The Hall–Kier alpha value is -1.73. The summed E-state index contributed by atoms with van der Waals surface area (Å²) in [5.74, 6) is 0.915. The smallest absolute Gasteiger partial charge is 0.243 e. The Bertz CT molecular complexity index is 903. The zero-order valence-electron chi connectivity index (χ0n) is 18.6. The van der Waals surface area contributed by atoms with E-state index in [1.54, 1.807) is 12.1 Å². The molecule has 6 nitrogen and oxygen atoms in total. The van der Waals surface area contributed by atoms with Crippen molar-refractivity contribution in [3.63, 3.8) is 0 Å². The fourth-order valence-electron chi connectivity index (χ4n) is 5.44. The summed E-state index contributed by atoms with van der Waals surface area (Å²) in [4.78, 5) is 27.5. The molecule has 3 unspecified atom stereocenters. The number of hydrogen-bond acceptors (Lipinski definition) is 4. The van der Waals surface area contributed by atoms with E-state index in [-0.39, 0.29) is 23.7 Å². The number of nitrogens with zero attached hydrogens (tertiary/aromatic N) is 2. The van der Waals surface area contributed by atoms with E-state index in [4.69, 9.17) is 0 Å². The van der Waals surface area contributed by atoms with Gasteiger partial charge in [-0.05, 0) is 55.7 Å². The van der Waals surface area contributed by atoms with Crippen LogP contribution in [0.15, 0.2) is 29.2 Å². The first kappa shape index (κ1) is 22.5. The number of sulfonamides is 1. The third-order valence-corrected chi connectivity index (χ3v) is 9.56. The predicted octanol–water partition coefficient (Wildman–Crippen LogP) is 3.43. The van der Waals surface area contributed by atoms with Crippen LogP contribution in [0, 0.1) is 17.8 Å². The molecule has 1 amide bonds. The van der Waals surface area contributed by atoms with E-state index in [2.05, 4.69) is 13.8 Å². The molecule has 4 rings (SSSR count). The SMILES string of the molecule is CCC(C)c1ccc(S(=O)(=O)N2CCN(C(=O)C3CC4CCCC(C3)C4=O)CC2)cc1. The normalized spacial score (nSPS) is 28.4. The number of piperazine rings is 1. The Morgan fingerprint density at radius 3 is 2.16 bits per heavy atom. The third-order valence-electron chi connectivity index (χ3n) is 7.65. The molecule has 1 saturated heterocycles. The first-order valence-corrected chi connectivity index (χ1v) is 13.2. The van der Waals surface area contributed by atoms with Crippen LogP contribution in [-0.4, -0.2) is 55.5 Å². The summed E-state index contributed by atoms with van der Waals surface area (Å²) in [6.07, 6.45) is 5.29. The quantitative estimate of drug-likeness (QED) is 0.695. The zero-order valence-corrected chi connectivity index (χ0v) is 19.4. The summed E-state index contributed by atoms with van der Waals surface area (Å²) in [6, 6.07) is 7.21. The number of fused-ring (bicyclic) bond motifs is 2. The van der Waals surface area contributed by atoms with E-state index in [1.165, 1.54) is 4.31 Å². The molecule has 0 spiro atoms. The molecule has 2 aliphatic carbocycles. The standard InChI is InChI=1S/C24H34N2O4S/c1-3-17(2)18-7-9-22(10-8-18)31(29,30)26-13-11-25(12-14-26)24(28)21-15-19-5-4-6-20(16-21)23(19)27/h7-10,17,19-21H,3-6,11-16H2,1-2H3. The largest absolute Gasteiger partial charge is 0.340 e. The second-order valence-corrected chi connectivity index (χ2v) is 11.4. The first-order chi connectivity index (χ1) is 14.8. The highest BCUT2D eigenvalue weighted by molar-refractivity contribution is 7.89. The van der Waals surface area contributed by atoms with Crippen molar-refractivity contribution in [3.05, 3.63) is 29.8 Å². The van der Waals surface area contributed by atoms with Crippen molar-refractivity contribution in [1.82, 2.24) is 9.21 Å². The van der Waals surface area contributed by atoms with E-state index in [0.717, 1.165) is 31.2 Å². The predicted molar refractivity (Wildman–Crippen MR) is 119 cm³/mol. The van der Waals surface area contributed by atoms with Crippen molar-refractivity contribution in [2.45, 2.75) is 63.2 Å². The number of carbonyl (C=O) groups excluding carboxylic acids is 2. The van der Waals surface area contributed by atoms with Crippen molar-refractivity contribution in [2.75, 3.05) is 26.2 Å². The molecule has 1 aromatic rings. The molecule has 0 radical (unpaired) electrons. The van der Waals surface area contributed by atoms with E-state index in [9.17, 15) is 18.0 Å². The van der Waals surface area contributed by atoms with Crippen molar-refractivity contribution >= 4 is 21.7 Å². The van der Waals surface area contributed by atoms with Gasteiger partial charge >= 0.3 is 0 Å². The molecular formula is C24H34N2O4S. The number of Topliss-reactive ketones (excluding diaryl/α,β-unsaturated/α-hetero) is 1. The van der Waals surface area contributed by atoms with Crippen molar-refractivity contribution < 1.29 is 18.0 Å². The number of benzene rings is 1. The van der Waals surface area contributed by atoms with Crippen LogP contribution in [-0.2, 0) is 19.6 Å². The van der Waals surface area contributed by atoms with Crippen molar-refractivity contribution in [1.29, 1.82) is 0 Å². The lowest BCUT2D eigenvalue weighted by atomic mass is 9.67. The minimum atomic E-state index is -3.55. The molecule has 1 aliphatic heterocycles. The molecule has 0 N–H and O–H groups in total. The first-order valence-electron chi connectivity index (χ1n) is 11.7. The van der Waals surface area contributed by atoms with Gasteiger partial charge in [0.05, 0.1) is 4.90 Å². The van der Waals surface area contributed by atoms with E-state index in [0.29, 0.717) is 55.6 Å². The molecular weight excluding hydrogens is 412 g/mol. The van der Waals surface area contributed by atoms with Crippen molar-refractivity contribution in [3.8, 4) is 0 Å². The van der Waals surface area contributed by atoms with Gasteiger partial charge in [0.2, 0.25) is 15.9 Å². The van der Waals surface area contributed by atoms with E-state index >= 15 is 0 Å². The zero-order chi connectivity index (χ0) is 22.2. The monoisotopic (exact) mass is 446 g/mol. The third kappa shape index (κ3) is 4.44. The Morgan fingerprint density at radius 2 is 1.61 bits per heavy atom. The topological polar surface area (TPSA) is 74.8 Å². The molecule has 2 bridgehead atoms. The van der Waals surface area contributed by atoms with E-state index < -0.39 is 10.0 Å². The van der Waals surface area contributed by atoms with Gasteiger partial charge in [0, 0.05) is 43.9 Å². The maximum Gasteiger partial charge on any atom is 0.243 e. The molecule has 3 fully saturated rings. The Balaban J connectivity index is 1.37. The molecule has 7 heteroatoms. The van der Waals surface area contributed by atoms with Crippen LogP contribution in [0.2, 0.25) is 0 Å². The molecule has 3 atom stereocenters. The number of rotatable bonds is 5. The van der Waals surface area contributed by atoms with Gasteiger partial charge in [-0.15, -0.1) is 0 Å². The fraction of sp³-hybridized carbons (Fsp3) is 0.667. The summed E-state index contributed by atoms with van der Waals surface area (Å²) < 4.78 is 27.6. The van der Waals surface area contributed by atoms with Crippen LogP contribution in [0.5, 0.6) is 0 Å². The van der Waals surface area contributed by atoms with Crippen LogP contribution < -0.4 is 0 Å². The van der Waals surface area contributed by atoms with Crippen LogP contribution in [0.3, 0.4) is 0 Å². The number of carbonyl (C=O) groups is 2. The Labute approximate surface area is 186 Å². The summed E-state index contributed by atoms with van der Waals surface area (Å²) in [5, 5.41) is 0. The number of ketones is 1. The van der Waals surface area contributed by atoms with Gasteiger partial charge in [-0.3, -0.25) is 9.59 Å². The molecule has 170 valence electrons. The molecule has 1 heterocycles. The maximum atomic E-state index is 13.1. The van der Waals surface area contributed by atoms with E-state index in [1.807, 2.05) is 17.0 Å². The number of amides is 1. The summed E-state index contributed by atoms with van der Waals surface area (Å²) >= 11 is 0. The Kier molecular flexibility index (Phi) is 6.54. The lowest BCUT2D eigenvalue weighted by Crippen LogP contribution is -2.53. The highest BCUT2D eigenvalue weighted by Gasteiger charge is 2.43. The highest BCUT2D eigenvalue weighted by Crippen LogP contribution is 2.40. The van der Waals surface area contributed by atoms with Gasteiger partial charge in [-0.25, -0.2) is 8.42 Å². The van der Waals surface area contributed by atoms with Crippen LogP contribution in [0.1, 0.15) is 63.9 Å². The molecule has 0 aromatic heterocycles. The van der Waals surface area contributed by atoms with Gasteiger partial charge < -0.3 is 4.90 Å². The molecule has 1 aromatic carbocycles. The summed E-state index contributed by atoms with van der Waals surface area (Å²) in [7, 11) is -3.55. The van der Waals surface area contributed by atoms with Crippen molar-refractivity contribution in [2.24, 2.45) is 17.8 Å². The maximum absolute atomic E-state index is 13.1. The Morgan fingerprint density at radius 1 is 1.03 bits per heavy atom. The average molecular weight is 447 g/mol. The highest BCUT2D eigenvalue weighted by atomic mass is 32.2. The summed E-state index contributed by atoms with van der Waals surface area (Å²) in [6.45, 7) is 5.73. The second kappa shape index (κ2) is 9.02. The summed E-state index contributed by atoms with van der Waals surface area (Å²) in [5.41, 5.74) is 1.15. The molecule has 31 heavy (non-hydrogen) atoms. The average Bonchev–Trinajstić information content (AvgIpc) is 2.78. The lowest BCUT2D eigenvalue weighted by Gasteiger charge is -2.40. The molecule has 2 saturated carbocycles.